The molecule has 6 heteroatoms. The van der Waals surface area contributed by atoms with Crippen LogP contribution in [0, 0.1) is 0 Å². The number of hydrogen-bond acceptors (Lipinski definition) is 5. The normalized spacial score (nSPS) is 22.8. The second-order valence-electron chi connectivity index (χ2n) is 31.2. The van der Waals surface area contributed by atoms with E-state index in [0.29, 0.717) is 0 Å². The van der Waals surface area contributed by atoms with Gasteiger partial charge in [0.1, 0.15) is 11.2 Å². The second kappa shape index (κ2) is 18.8. The van der Waals surface area contributed by atoms with Crippen LogP contribution in [0.15, 0.2) is 186 Å². The molecule has 1 aromatic heterocycles. The maximum absolute atomic E-state index is 6.93. The lowest BCUT2D eigenvalue weighted by molar-refractivity contribution is 0.195. The fraction of sp³-hybridized carbons (Fsp3) is 0.341. The molecule has 0 N–H and O–H groups in total. The van der Waals surface area contributed by atoms with Crippen LogP contribution < -0.4 is 36.0 Å². The fourth-order valence-corrected chi connectivity index (χ4v) is 17.9. The Morgan fingerprint density at radius 2 is 0.909 bits per heavy atom. The lowest BCUT2D eigenvalue weighted by Crippen LogP contribution is -2.62. The largest absolute Gasteiger partial charge is 0.456 e. The van der Waals surface area contributed by atoms with Crippen LogP contribution in [0.4, 0.5) is 56.9 Å². The van der Waals surface area contributed by atoms with Gasteiger partial charge in [-0.05, 0) is 178 Å². The molecule has 0 saturated heterocycles. The van der Waals surface area contributed by atoms with Crippen LogP contribution in [-0.2, 0) is 27.1 Å². The third-order valence-electron chi connectivity index (χ3n) is 23.2. The molecule has 9 aromatic carbocycles. The van der Waals surface area contributed by atoms with Gasteiger partial charge in [-0.3, -0.25) is 0 Å². The predicted molar refractivity (Wildman–Crippen MR) is 375 cm³/mol. The van der Waals surface area contributed by atoms with Crippen LogP contribution in [0.25, 0.3) is 33.1 Å². The van der Waals surface area contributed by atoms with Crippen LogP contribution in [0.5, 0.6) is 0 Å². The summed E-state index contributed by atoms with van der Waals surface area (Å²) in [5, 5.41) is 2.25. The van der Waals surface area contributed by atoms with E-state index in [1.54, 1.807) is 0 Å². The van der Waals surface area contributed by atoms with E-state index in [-0.39, 0.29) is 44.9 Å². The number of fused-ring (bicyclic) bond motifs is 13. The molecule has 0 spiro atoms. The first-order valence-corrected chi connectivity index (χ1v) is 33.0. The highest BCUT2D eigenvalue weighted by Gasteiger charge is 2.60. The summed E-state index contributed by atoms with van der Waals surface area (Å²) in [6, 6.07) is 71.4. The van der Waals surface area contributed by atoms with Crippen LogP contribution in [-0.4, -0.2) is 17.8 Å². The Labute approximate surface area is 523 Å². The summed E-state index contributed by atoms with van der Waals surface area (Å²) in [6.45, 7) is 31.5. The van der Waals surface area contributed by atoms with E-state index in [0.717, 1.165) is 46.9 Å². The van der Waals surface area contributed by atoms with Crippen molar-refractivity contribution in [1.29, 1.82) is 0 Å². The van der Waals surface area contributed by atoms with E-state index in [9.17, 15) is 0 Å². The maximum atomic E-state index is 6.93. The zero-order valence-corrected chi connectivity index (χ0v) is 54.3. The number of benzene rings is 9. The van der Waals surface area contributed by atoms with Gasteiger partial charge in [-0.1, -0.05) is 211 Å². The van der Waals surface area contributed by atoms with Gasteiger partial charge in [0.25, 0.3) is 6.71 Å². The summed E-state index contributed by atoms with van der Waals surface area (Å²) >= 11 is 0. The molecule has 5 nitrogen and oxygen atoms in total. The lowest BCUT2D eigenvalue weighted by Gasteiger charge is -2.51. The van der Waals surface area contributed by atoms with Gasteiger partial charge >= 0.3 is 0 Å². The van der Waals surface area contributed by atoms with E-state index < -0.39 is 0 Å². The molecule has 2 fully saturated rings. The van der Waals surface area contributed by atoms with E-state index in [4.69, 9.17) is 4.42 Å². The molecule has 4 aliphatic heterocycles. The van der Waals surface area contributed by atoms with Crippen molar-refractivity contribution in [2.45, 2.75) is 180 Å². The molecule has 4 unspecified atom stereocenters. The quantitative estimate of drug-likeness (QED) is 0.160. The minimum atomic E-state index is -0.193. The van der Waals surface area contributed by atoms with Gasteiger partial charge in [0.05, 0.1) is 27.8 Å². The van der Waals surface area contributed by atoms with Gasteiger partial charge in [-0.25, -0.2) is 0 Å². The summed E-state index contributed by atoms with van der Waals surface area (Å²) < 4.78 is 6.93. The summed E-state index contributed by atoms with van der Waals surface area (Å²) in [4.78, 5) is 11.0. The minimum Gasteiger partial charge on any atom is -0.456 e. The van der Waals surface area contributed by atoms with Gasteiger partial charge in [0, 0.05) is 67.3 Å². The van der Waals surface area contributed by atoms with E-state index in [2.05, 4.69) is 292 Å². The third-order valence-corrected chi connectivity index (χ3v) is 23.2. The first-order chi connectivity index (χ1) is 42.0. The zero-order valence-electron chi connectivity index (χ0n) is 54.3. The van der Waals surface area contributed by atoms with Crippen molar-refractivity contribution in [2.24, 2.45) is 0 Å². The Hall–Kier alpha value is -7.96. The van der Waals surface area contributed by atoms with E-state index >= 15 is 0 Å². The van der Waals surface area contributed by atoms with Gasteiger partial charge in [0.2, 0.25) is 0 Å². The highest BCUT2D eigenvalue weighted by molar-refractivity contribution is 7.00. The highest BCUT2D eigenvalue weighted by Crippen LogP contribution is 2.64. The maximum Gasteiger partial charge on any atom is 0.252 e. The molecule has 4 atom stereocenters. The monoisotopic (exact) mass is 1150 g/mol. The summed E-state index contributed by atoms with van der Waals surface area (Å²) in [5.41, 5.74) is 27.0. The average Bonchev–Trinajstić information content (AvgIpc) is 1.49. The second-order valence-corrected chi connectivity index (χ2v) is 31.2. The molecule has 10 aromatic rings. The van der Waals surface area contributed by atoms with Crippen LogP contribution in [0.2, 0.25) is 0 Å². The van der Waals surface area contributed by atoms with Gasteiger partial charge in [0.15, 0.2) is 0 Å². The number of rotatable bonds is 5. The van der Waals surface area contributed by atoms with Gasteiger partial charge in [-0.15, -0.1) is 0 Å². The molecule has 6 aliphatic rings. The number of anilines is 10. The molecule has 0 radical (unpaired) electrons. The fourth-order valence-electron chi connectivity index (χ4n) is 17.9. The van der Waals surface area contributed by atoms with Crippen molar-refractivity contribution in [3.05, 3.63) is 210 Å². The van der Waals surface area contributed by atoms with Crippen molar-refractivity contribution in [1.82, 2.24) is 0 Å². The van der Waals surface area contributed by atoms with Crippen molar-refractivity contribution in [3.63, 3.8) is 0 Å². The number of hydrogen-bond donors (Lipinski definition) is 0. The van der Waals surface area contributed by atoms with Crippen molar-refractivity contribution >= 4 is 102 Å². The molecule has 5 heterocycles. The molecule has 0 amide bonds. The van der Waals surface area contributed by atoms with Crippen molar-refractivity contribution < 1.29 is 4.42 Å². The number of furan rings is 1. The molecular weight excluding hydrogens is 1070 g/mol. The third kappa shape index (κ3) is 7.65. The molecule has 88 heavy (non-hydrogen) atoms. The topological polar surface area (TPSA) is 26.1 Å². The Morgan fingerprint density at radius 3 is 1.60 bits per heavy atom. The Bertz CT molecular complexity index is 4530. The molecular formula is C82H85BN4O. The molecule has 0 bridgehead atoms. The van der Waals surface area contributed by atoms with Crippen LogP contribution in [0.1, 0.15) is 169 Å². The van der Waals surface area contributed by atoms with Crippen LogP contribution >= 0.6 is 0 Å². The van der Waals surface area contributed by atoms with Gasteiger partial charge < -0.3 is 24.0 Å². The average molecular weight is 1150 g/mol. The van der Waals surface area contributed by atoms with Crippen LogP contribution in [0.3, 0.4) is 0 Å². The Kier molecular flexibility index (Phi) is 11.8. The summed E-state index contributed by atoms with van der Waals surface area (Å²) in [5.74, 6) is 0. The number of nitrogens with zero attached hydrogens (tertiary/aromatic N) is 4. The van der Waals surface area contributed by atoms with E-state index in [1.165, 1.54) is 139 Å². The van der Waals surface area contributed by atoms with E-state index in [1.807, 2.05) is 0 Å². The van der Waals surface area contributed by atoms with Crippen molar-refractivity contribution in [3.8, 4) is 11.1 Å². The zero-order chi connectivity index (χ0) is 60.8. The predicted octanol–water partition coefficient (Wildman–Crippen LogP) is 20.7. The Balaban J connectivity index is 1.05. The van der Waals surface area contributed by atoms with Crippen molar-refractivity contribution in [2.75, 3.05) is 19.6 Å². The first kappa shape index (κ1) is 55.4. The minimum absolute atomic E-state index is 0.0292. The smallest absolute Gasteiger partial charge is 0.252 e. The highest BCUT2D eigenvalue weighted by atomic mass is 16.3. The number of para-hydroxylation sites is 2. The molecule has 442 valence electrons. The molecule has 16 rings (SSSR count). The van der Waals surface area contributed by atoms with Gasteiger partial charge in [-0.2, -0.15) is 0 Å². The lowest BCUT2D eigenvalue weighted by atomic mass is 9.33. The Morgan fingerprint density at radius 1 is 0.386 bits per heavy atom. The molecule has 2 aliphatic carbocycles. The summed E-state index contributed by atoms with van der Waals surface area (Å²) in [7, 11) is 0. The standard InChI is InChI=1S/C82H85BN4O/c1-76(2,3)53-34-39-64(59(46-53)52-26-15-14-16-27-52)84-67-41-36-55(78(7,8)9)48-63(67)83-62-38-37-56(86-66-40-35-54(77(4,5)6)47-61(66)80(11)43-22-24-45-82(80,86)13)49-69(62)85(68-31-25-33-73-74(68)58-28-17-20-32-72(58)88-73)71-51-57(50-70(84)75(71)83)87-65-30-19-18-29-60(65)79(10)42-21-23-44-81(79,87)12/h14-20,25-41,46-51H,21-24,42-45H2,1-13H3. The summed E-state index contributed by atoms with van der Waals surface area (Å²) in [6.07, 6.45) is 9.42. The SMILES string of the molecule is CC(C)(C)c1ccc2c(c1)B1c3ccc(N4c5ccc(C(C)(C)C)cc5C5(C)CCCCC45C)cc3N(c3cccc4oc5ccccc5c34)c3cc(N4c5ccccc5C5(C)CCCCC45C)cc(c31)N2c1ccc(C(C)(C)C)cc1-c1ccccc1. The first-order valence-electron chi connectivity index (χ1n) is 33.0. The molecule has 2 saturated carbocycles.